The lowest BCUT2D eigenvalue weighted by atomic mass is 10.3. The molecule has 0 aromatic rings. The molecular weight excluding hydrogens is 392 g/mol. The Hall–Kier alpha value is -0.570. The normalized spacial score (nSPS) is 11.9. The minimum absolute atomic E-state index is 0.251. The van der Waals surface area contributed by atoms with E-state index < -0.39 is 40.4 Å². The summed E-state index contributed by atoms with van der Waals surface area (Å²) in [6.07, 6.45) is 0. The van der Waals surface area contributed by atoms with Gasteiger partial charge in [-0.2, -0.15) is 0 Å². The van der Waals surface area contributed by atoms with Crippen molar-refractivity contribution >= 4 is 74.2 Å². The lowest BCUT2D eigenvalue weighted by molar-refractivity contribution is -0.149. The van der Waals surface area contributed by atoms with Crippen molar-refractivity contribution in [3.05, 3.63) is 0 Å². The second-order valence-electron chi connectivity index (χ2n) is 2.85. The molecule has 0 aliphatic heterocycles. The number of rotatable bonds is 7. The van der Waals surface area contributed by atoms with Crippen molar-refractivity contribution in [2.75, 3.05) is 18.5 Å². The van der Waals surface area contributed by atoms with Gasteiger partial charge in [0.25, 0.3) is 0 Å². The number of carbonyl (C=O) groups is 3. The van der Waals surface area contributed by atoms with Gasteiger partial charge in [-0.05, 0) is 0 Å². The van der Waals surface area contributed by atoms with E-state index in [4.69, 9.17) is 39.9 Å². The highest BCUT2D eigenvalue weighted by atomic mass is 79.9. The maximum Gasteiger partial charge on any atom is 0.361 e. The Bertz CT molecular complexity index is 394. The topological polar surface area (TPSA) is 102 Å². The van der Waals surface area contributed by atoms with E-state index >= 15 is 0 Å². The SMILES string of the molecule is O=C(CO/N=C(/C(=O)O)C(=O)CBr)OCC(Cl)(Cl)Cl. The molecule has 19 heavy (non-hydrogen) atoms. The van der Waals surface area contributed by atoms with Gasteiger partial charge >= 0.3 is 11.9 Å². The molecule has 0 rings (SSSR count). The quantitative estimate of drug-likeness (QED) is 0.228. The number of ether oxygens (including phenoxy) is 1. The van der Waals surface area contributed by atoms with Gasteiger partial charge in [-0.3, -0.25) is 4.79 Å². The summed E-state index contributed by atoms with van der Waals surface area (Å²) in [5.41, 5.74) is -0.856. The summed E-state index contributed by atoms with van der Waals surface area (Å²) in [6.45, 7) is -1.23. The highest BCUT2D eigenvalue weighted by Crippen LogP contribution is 2.25. The zero-order valence-corrected chi connectivity index (χ0v) is 12.9. The summed E-state index contributed by atoms with van der Waals surface area (Å²) in [5, 5.41) is 11.4. The summed E-state index contributed by atoms with van der Waals surface area (Å²) in [6, 6.07) is 0. The van der Waals surface area contributed by atoms with Crippen LogP contribution in [0, 0.1) is 0 Å². The van der Waals surface area contributed by atoms with Gasteiger partial charge in [-0.1, -0.05) is 55.9 Å². The Kier molecular flexibility index (Phi) is 8.31. The molecule has 7 nitrogen and oxygen atoms in total. The number of carbonyl (C=O) groups excluding carboxylic acids is 2. The van der Waals surface area contributed by atoms with Gasteiger partial charge in [0.15, 0.2) is 0 Å². The zero-order valence-electron chi connectivity index (χ0n) is 9.07. The second kappa shape index (κ2) is 8.57. The van der Waals surface area contributed by atoms with Crippen LogP contribution in [-0.2, 0) is 24.0 Å². The molecule has 0 amide bonds. The number of esters is 1. The van der Waals surface area contributed by atoms with Crippen molar-refractivity contribution in [3.63, 3.8) is 0 Å². The molecule has 0 heterocycles. The van der Waals surface area contributed by atoms with Crippen LogP contribution in [0.25, 0.3) is 0 Å². The minimum atomic E-state index is -1.77. The van der Waals surface area contributed by atoms with E-state index in [1.807, 2.05) is 0 Å². The smallest absolute Gasteiger partial charge is 0.361 e. The van der Waals surface area contributed by atoms with Gasteiger partial charge in [0.1, 0.15) is 6.61 Å². The predicted molar refractivity (Wildman–Crippen MR) is 71.1 cm³/mol. The second-order valence-corrected chi connectivity index (χ2v) is 5.93. The molecule has 0 atom stereocenters. The lowest BCUT2D eigenvalue weighted by Gasteiger charge is -2.10. The van der Waals surface area contributed by atoms with Crippen LogP contribution in [0.1, 0.15) is 0 Å². The highest BCUT2D eigenvalue weighted by Gasteiger charge is 2.23. The van der Waals surface area contributed by atoms with Crippen LogP contribution < -0.4 is 0 Å². The number of halogens is 4. The molecule has 0 spiro atoms. The summed E-state index contributed by atoms with van der Waals surface area (Å²) in [4.78, 5) is 37.1. The monoisotopic (exact) mass is 397 g/mol. The number of ketones is 1. The standard InChI is InChI=1S/C8H7BrCl3NO6/c9-1-4(14)6(7(16)17)13-19-2-5(15)18-3-8(10,11)12/h1-3H2,(H,16,17)/b13-6+. The van der Waals surface area contributed by atoms with Crippen molar-refractivity contribution in [3.8, 4) is 0 Å². The van der Waals surface area contributed by atoms with Crippen LogP contribution in [0.15, 0.2) is 5.16 Å². The molecular formula is C8H7BrCl3NO6. The molecule has 1 N–H and O–H groups in total. The first-order valence-corrected chi connectivity index (χ1v) is 6.67. The van der Waals surface area contributed by atoms with Crippen LogP contribution in [-0.4, -0.2) is 50.9 Å². The van der Waals surface area contributed by atoms with E-state index in [-0.39, 0.29) is 5.33 Å². The molecule has 0 fully saturated rings. The first-order valence-electron chi connectivity index (χ1n) is 4.42. The molecule has 0 aliphatic rings. The summed E-state index contributed by atoms with van der Waals surface area (Å²) in [7, 11) is 0. The van der Waals surface area contributed by atoms with Gasteiger partial charge in [-0.25, -0.2) is 9.59 Å². The number of carboxylic acid groups (broad SMARTS) is 1. The third kappa shape index (κ3) is 9.04. The van der Waals surface area contributed by atoms with Crippen molar-refractivity contribution < 1.29 is 29.1 Å². The first kappa shape index (κ1) is 18.4. The zero-order chi connectivity index (χ0) is 15.1. The number of Topliss-reactive ketones (excluding diaryl/α,β-unsaturated/α-hetero) is 1. The largest absolute Gasteiger partial charge is 0.476 e. The Morgan fingerprint density at radius 1 is 1.26 bits per heavy atom. The number of alkyl halides is 4. The Labute approximate surface area is 130 Å². The fourth-order valence-corrected chi connectivity index (χ4v) is 1.06. The van der Waals surface area contributed by atoms with Gasteiger partial charge in [-0.15, -0.1) is 0 Å². The minimum Gasteiger partial charge on any atom is -0.476 e. The number of carboxylic acids is 1. The van der Waals surface area contributed by atoms with Gasteiger partial charge in [0, 0.05) is 0 Å². The predicted octanol–water partition coefficient (Wildman–Crippen LogP) is 1.32. The maximum absolute atomic E-state index is 11.1. The van der Waals surface area contributed by atoms with Crippen LogP contribution in [0.4, 0.5) is 0 Å². The Morgan fingerprint density at radius 2 is 1.84 bits per heavy atom. The van der Waals surface area contributed by atoms with Crippen molar-refractivity contribution in [1.29, 1.82) is 0 Å². The number of nitrogens with zero attached hydrogens (tertiary/aromatic N) is 1. The molecule has 0 saturated carbocycles. The van der Waals surface area contributed by atoms with Gasteiger partial charge in [0.05, 0.1) is 5.33 Å². The van der Waals surface area contributed by atoms with Crippen molar-refractivity contribution in [2.24, 2.45) is 5.16 Å². The molecule has 0 saturated heterocycles. The van der Waals surface area contributed by atoms with Gasteiger partial charge < -0.3 is 14.7 Å². The fraction of sp³-hybridized carbons (Fsp3) is 0.500. The van der Waals surface area contributed by atoms with Crippen LogP contribution in [0.3, 0.4) is 0 Å². The molecule has 11 heteroatoms. The molecule has 0 aliphatic carbocycles. The molecule has 108 valence electrons. The molecule has 0 aromatic heterocycles. The number of aliphatic carboxylic acids is 1. The summed E-state index contributed by atoms with van der Waals surface area (Å²) >= 11 is 18.7. The van der Waals surface area contributed by atoms with Crippen LogP contribution in [0.5, 0.6) is 0 Å². The average Bonchev–Trinajstić information content (AvgIpc) is 2.29. The van der Waals surface area contributed by atoms with E-state index in [1.54, 1.807) is 0 Å². The first-order chi connectivity index (χ1) is 8.67. The average molecular weight is 399 g/mol. The molecule has 0 radical (unpaired) electrons. The number of hydrogen-bond acceptors (Lipinski definition) is 6. The van der Waals surface area contributed by atoms with Crippen LogP contribution in [0.2, 0.25) is 0 Å². The van der Waals surface area contributed by atoms with E-state index in [9.17, 15) is 14.4 Å². The van der Waals surface area contributed by atoms with E-state index in [2.05, 4.69) is 30.7 Å². The molecule has 0 aromatic carbocycles. The third-order valence-corrected chi connectivity index (χ3v) is 2.16. The summed E-state index contributed by atoms with van der Waals surface area (Å²) in [5.74, 6) is -3.34. The van der Waals surface area contributed by atoms with Crippen molar-refractivity contribution in [2.45, 2.75) is 3.79 Å². The highest BCUT2D eigenvalue weighted by molar-refractivity contribution is 9.09. The number of hydrogen-bond donors (Lipinski definition) is 1. The molecule has 0 bridgehead atoms. The summed E-state index contributed by atoms with van der Waals surface area (Å²) < 4.78 is 2.70. The fourth-order valence-electron chi connectivity index (χ4n) is 0.626. The van der Waals surface area contributed by atoms with E-state index in [0.717, 1.165) is 0 Å². The van der Waals surface area contributed by atoms with Crippen molar-refractivity contribution in [1.82, 2.24) is 0 Å². The van der Waals surface area contributed by atoms with E-state index in [1.165, 1.54) is 0 Å². The number of oxime groups is 1. The maximum atomic E-state index is 11.1. The molecule has 0 unspecified atom stereocenters. The third-order valence-electron chi connectivity index (χ3n) is 1.32. The Morgan fingerprint density at radius 3 is 2.26 bits per heavy atom. The lowest BCUT2D eigenvalue weighted by Crippen LogP contribution is -2.26. The van der Waals surface area contributed by atoms with Gasteiger partial charge in [0.2, 0.25) is 21.9 Å². The van der Waals surface area contributed by atoms with E-state index in [0.29, 0.717) is 0 Å². The van der Waals surface area contributed by atoms with Crippen LogP contribution >= 0.6 is 50.7 Å². The Balaban J connectivity index is 4.28.